The van der Waals surface area contributed by atoms with Crippen LogP contribution in [0.5, 0.6) is 0 Å². The highest BCUT2D eigenvalue weighted by Crippen LogP contribution is 2.44. The summed E-state index contributed by atoms with van der Waals surface area (Å²) in [6, 6.07) is 4.68. The zero-order chi connectivity index (χ0) is 22.5. The molecule has 1 aromatic carbocycles. The highest BCUT2D eigenvalue weighted by atomic mass is 32.2. The van der Waals surface area contributed by atoms with Gasteiger partial charge in [0.25, 0.3) is 5.91 Å². The Morgan fingerprint density at radius 2 is 1.84 bits per heavy atom. The summed E-state index contributed by atoms with van der Waals surface area (Å²) in [5.74, 6) is -0.185. The summed E-state index contributed by atoms with van der Waals surface area (Å²) in [5, 5.41) is 4.28. The fraction of sp³-hybridized carbons (Fsp3) is 0.571. The largest absolute Gasteiger partial charge is 0.416 e. The number of aryl methyl sites for hydroxylation is 1. The second kappa shape index (κ2) is 8.12. The molecule has 1 spiro atoms. The lowest BCUT2D eigenvalue weighted by atomic mass is 9.95. The Morgan fingerprint density at radius 1 is 1.19 bits per heavy atom. The van der Waals surface area contributed by atoms with Gasteiger partial charge in [-0.1, -0.05) is 30.8 Å². The number of hydrogen-bond donors (Lipinski definition) is 0. The molecular weight excluding hydrogens is 445 g/mol. The number of aromatic nitrogens is 3. The fourth-order valence-corrected chi connectivity index (χ4v) is 5.84. The summed E-state index contributed by atoms with van der Waals surface area (Å²) in [6.07, 6.45) is -2.52. The number of likely N-dealkylation sites (tertiary alicyclic amines) is 1. The number of benzene rings is 1. The van der Waals surface area contributed by atoms with Crippen molar-refractivity contribution in [2.45, 2.75) is 54.6 Å². The van der Waals surface area contributed by atoms with Gasteiger partial charge in [-0.25, -0.2) is 4.98 Å². The first-order valence-corrected chi connectivity index (χ1v) is 11.5. The number of nitrogens with zero attached hydrogens (tertiary/aromatic N) is 4. The van der Waals surface area contributed by atoms with Gasteiger partial charge in [0.2, 0.25) is 0 Å². The monoisotopic (exact) mass is 468 g/mol. The minimum Gasteiger partial charge on any atom is -0.347 e. The van der Waals surface area contributed by atoms with E-state index in [0.29, 0.717) is 62.1 Å². The van der Waals surface area contributed by atoms with Crippen molar-refractivity contribution in [1.29, 1.82) is 0 Å². The molecule has 0 radical (unpaired) electrons. The van der Waals surface area contributed by atoms with Crippen LogP contribution in [0.25, 0.3) is 0 Å². The Balaban J connectivity index is 1.44. The van der Waals surface area contributed by atoms with Crippen molar-refractivity contribution in [2.24, 2.45) is 0 Å². The summed E-state index contributed by atoms with van der Waals surface area (Å²) in [7, 11) is 0. The predicted octanol–water partition coefficient (Wildman–Crippen LogP) is 3.55. The van der Waals surface area contributed by atoms with Gasteiger partial charge in [0.05, 0.1) is 24.8 Å². The molecule has 32 heavy (non-hydrogen) atoms. The molecule has 2 atom stereocenters. The van der Waals surface area contributed by atoms with E-state index in [9.17, 15) is 18.0 Å². The summed E-state index contributed by atoms with van der Waals surface area (Å²) < 4.78 is 52.3. The van der Waals surface area contributed by atoms with Gasteiger partial charge in [0.1, 0.15) is 5.25 Å². The molecule has 11 heteroatoms. The Kier molecular flexibility index (Phi) is 5.55. The molecule has 5 rings (SSSR count). The molecule has 0 bridgehead atoms. The van der Waals surface area contributed by atoms with E-state index in [1.54, 1.807) is 0 Å². The summed E-state index contributed by atoms with van der Waals surface area (Å²) in [6.45, 7) is 4.25. The van der Waals surface area contributed by atoms with E-state index in [1.807, 2.05) is 6.92 Å². The first kappa shape index (κ1) is 21.9. The average Bonchev–Trinajstić information content (AvgIpc) is 3.47. The third-order valence-corrected chi connectivity index (χ3v) is 7.44. The van der Waals surface area contributed by atoms with Gasteiger partial charge in [0, 0.05) is 32.4 Å². The van der Waals surface area contributed by atoms with E-state index >= 15 is 0 Å². The molecule has 2 aromatic rings. The SMILES string of the molecule is CCc1nc2n(n1)C(=O)C(C(c1ccc(C(F)(F)F)cc1)N1CCC3(CC1)OCCO3)S2. The number of alkyl halides is 3. The molecule has 0 N–H and O–H groups in total. The molecule has 0 aliphatic carbocycles. The van der Waals surface area contributed by atoms with Crippen LogP contribution in [0, 0.1) is 0 Å². The van der Waals surface area contributed by atoms with Crippen LogP contribution in [0.3, 0.4) is 0 Å². The summed E-state index contributed by atoms with van der Waals surface area (Å²) in [4.78, 5) is 19.8. The standard InChI is InChI=1S/C21H23F3N4O3S/c1-2-15-25-19-28(26-15)18(29)17(32-19)16(13-3-5-14(6-4-13)21(22,23)24)27-9-7-20(8-10-27)30-11-12-31-20/h3-6,16-17H,2,7-12H2,1H3. The van der Waals surface area contributed by atoms with Crippen LogP contribution in [0.2, 0.25) is 0 Å². The average molecular weight is 469 g/mol. The number of ether oxygens (including phenoxy) is 2. The zero-order valence-electron chi connectivity index (χ0n) is 17.5. The van der Waals surface area contributed by atoms with Crippen LogP contribution >= 0.6 is 11.8 Å². The van der Waals surface area contributed by atoms with E-state index in [-0.39, 0.29) is 5.91 Å². The smallest absolute Gasteiger partial charge is 0.347 e. The van der Waals surface area contributed by atoms with Crippen LogP contribution in [0.4, 0.5) is 13.2 Å². The van der Waals surface area contributed by atoms with Gasteiger partial charge < -0.3 is 9.47 Å². The third kappa shape index (κ3) is 3.85. The van der Waals surface area contributed by atoms with Gasteiger partial charge in [-0.05, 0) is 17.7 Å². The van der Waals surface area contributed by atoms with Crippen molar-refractivity contribution in [3.05, 3.63) is 41.2 Å². The van der Waals surface area contributed by atoms with Crippen LogP contribution in [0.1, 0.15) is 47.6 Å². The molecule has 2 saturated heterocycles. The van der Waals surface area contributed by atoms with Gasteiger partial charge >= 0.3 is 6.18 Å². The summed E-state index contributed by atoms with van der Waals surface area (Å²) >= 11 is 1.32. The van der Waals surface area contributed by atoms with E-state index < -0.39 is 28.8 Å². The second-order valence-electron chi connectivity index (χ2n) is 8.16. The maximum Gasteiger partial charge on any atom is 0.416 e. The first-order chi connectivity index (χ1) is 15.3. The Morgan fingerprint density at radius 3 is 2.41 bits per heavy atom. The first-order valence-electron chi connectivity index (χ1n) is 10.7. The second-order valence-corrected chi connectivity index (χ2v) is 9.27. The molecule has 0 amide bonds. The number of halogens is 3. The van der Waals surface area contributed by atoms with E-state index in [1.165, 1.54) is 28.6 Å². The minimum absolute atomic E-state index is 0.198. The van der Waals surface area contributed by atoms with Crippen LogP contribution < -0.4 is 0 Å². The van der Waals surface area contributed by atoms with E-state index in [2.05, 4.69) is 15.0 Å². The number of carbonyl (C=O) groups is 1. The van der Waals surface area contributed by atoms with E-state index in [0.717, 1.165) is 12.1 Å². The molecule has 2 fully saturated rings. The maximum absolute atomic E-state index is 13.2. The number of piperidine rings is 1. The quantitative estimate of drug-likeness (QED) is 0.680. The van der Waals surface area contributed by atoms with Gasteiger partial charge in [-0.3, -0.25) is 9.69 Å². The highest BCUT2D eigenvalue weighted by molar-refractivity contribution is 8.00. The van der Waals surface area contributed by atoms with Crippen molar-refractivity contribution < 1.29 is 27.4 Å². The molecule has 2 unspecified atom stereocenters. The minimum atomic E-state index is -4.41. The number of carbonyl (C=O) groups excluding carboxylic acids is 1. The molecule has 0 saturated carbocycles. The van der Waals surface area contributed by atoms with Gasteiger partial charge in [-0.2, -0.15) is 17.9 Å². The topological polar surface area (TPSA) is 69.5 Å². The van der Waals surface area contributed by atoms with Gasteiger partial charge in [-0.15, -0.1) is 5.10 Å². The normalized spacial score (nSPS) is 24.2. The molecule has 4 heterocycles. The lowest BCUT2D eigenvalue weighted by Crippen LogP contribution is -2.49. The lowest BCUT2D eigenvalue weighted by Gasteiger charge is -2.42. The fourth-order valence-electron chi connectivity index (χ4n) is 4.57. The van der Waals surface area contributed by atoms with E-state index in [4.69, 9.17) is 9.47 Å². The molecule has 1 aromatic heterocycles. The Bertz CT molecular complexity index is 995. The van der Waals surface area contributed by atoms with Crippen LogP contribution in [-0.4, -0.2) is 62.9 Å². The van der Waals surface area contributed by atoms with Crippen molar-refractivity contribution in [3.8, 4) is 0 Å². The highest BCUT2D eigenvalue weighted by Gasteiger charge is 2.47. The van der Waals surface area contributed by atoms with Crippen molar-refractivity contribution in [1.82, 2.24) is 19.7 Å². The molecule has 7 nitrogen and oxygen atoms in total. The molecule has 3 aliphatic rings. The number of fused-ring (bicyclic) bond motifs is 1. The number of thioether (sulfide) groups is 1. The van der Waals surface area contributed by atoms with Crippen molar-refractivity contribution in [2.75, 3.05) is 26.3 Å². The van der Waals surface area contributed by atoms with Crippen molar-refractivity contribution in [3.63, 3.8) is 0 Å². The molecule has 172 valence electrons. The van der Waals surface area contributed by atoms with Crippen LogP contribution in [-0.2, 0) is 22.1 Å². The Labute approximate surface area is 187 Å². The van der Waals surface area contributed by atoms with Gasteiger partial charge in [0.15, 0.2) is 16.8 Å². The summed E-state index contributed by atoms with van der Waals surface area (Å²) in [5.41, 5.74) is -0.0486. The third-order valence-electron chi connectivity index (χ3n) is 6.26. The Hall–Kier alpha value is -1.95. The predicted molar refractivity (Wildman–Crippen MR) is 109 cm³/mol. The van der Waals surface area contributed by atoms with Crippen LogP contribution in [0.15, 0.2) is 29.4 Å². The lowest BCUT2D eigenvalue weighted by molar-refractivity contribution is -0.187. The number of hydrogen-bond acceptors (Lipinski definition) is 7. The molecule has 3 aliphatic heterocycles. The number of rotatable bonds is 4. The van der Waals surface area contributed by atoms with Crippen molar-refractivity contribution >= 4 is 17.7 Å². The zero-order valence-corrected chi connectivity index (χ0v) is 18.3. The molecular formula is C21H23F3N4O3S. The maximum atomic E-state index is 13.2.